The Bertz CT molecular complexity index is 394. The Morgan fingerprint density at radius 1 is 1.24 bits per heavy atom. The maximum absolute atomic E-state index is 5.32. The minimum absolute atomic E-state index is 0.0710. The van der Waals surface area contributed by atoms with Gasteiger partial charge in [-0.1, -0.05) is 12.1 Å². The van der Waals surface area contributed by atoms with Crippen molar-refractivity contribution in [2.45, 2.75) is 12.5 Å². The highest BCUT2D eigenvalue weighted by molar-refractivity contribution is 5.33. The van der Waals surface area contributed by atoms with Gasteiger partial charge >= 0.3 is 0 Å². The summed E-state index contributed by atoms with van der Waals surface area (Å²) in [5, 5.41) is 0. The number of piperazine rings is 1. The van der Waals surface area contributed by atoms with E-state index in [9.17, 15) is 0 Å². The Balaban J connectivity index is 2.34. The topological polar surface area (TPSA) is 15.7 Å². The van der Waals surface area contributed by atoms with Crippen LogP contribution in [-0.4, -0.2) is 50.6 Å². The van der Waals surface area contributed by atoms with Crippen LogP contribution in [0.1, 0.15) is 12.5 Å². The number of nitrogens with zero attached hydrogens (tertiary/aromatic N) is 2. The van der Waals surface area contributed by atoms with Crippen molar-refractivity contribution in [3.63, 3.8) is 0 Å². The van der Waals surface area contributed by atoms with Crippen molar-refractivity contribution in [2.75, 3.05) is 40.8 Å². The van der Waals surface area contributed by atoms with Gasteiger partial charge in [0.15, 0.2) is 0 Å². The molecule has 1 heterocycles. The first-order valence-electron chi connectivity index (χ1n) is 6.10. The van der Waals surface area contributed by atoms with Gasteiger partial charge in [0.05, 0.1) is 12.6 Å². The molecule has 0 radical (unpaired) electrons. The molecule has 1 atom stereocenters. The molecular formula is C14H22N2O. The Hall–Kier alpha value is -1.06. The van der Waals surface area contributed by atoms with Crippen LogP contribution in [0.15, 0.2) is 24.3 Å². The van der Waals surface area contributed by atoms with E-state index in [1.54, 1.807) is 7.11 Å². The Morgan fingerprint density at radius 3 is 2.71 bits per heavy atom. The van der Waals surface area contributed by atoms with E-state index in [2.05, 4.69) is 49.0 Å². The van der Waals surface area contributed by atoms with Crippen LogP contribution in [0.25, 0.3) is 0 Å². The average molecular weight is 234 g/mol. The molecule has 3 heteroatoms. The van der Waals surface area contributed by atoms with E-state index in [1.807, 2.05) is 6.07 Å². The van der Waals surface area contributed by atoms with E-state index in [1.165, 1.54) is 5.56 Å². The van der Waals surface area contributed by atoms with E-state index in [-0.39, 0.29) is 5.54 Å². The summed E-state index contributed by atoms with van der Waals surface area (Å²) >= 11 is 0. The lowest BCUT2D eigenvalue weighted by Gasteiger charge is -2.46. The molecule has 1 fully saturated rings. The van der Waals surface area contributed by atoms with Gasteiger partial charge in [-0.05, 0) is 38.7 Å². The van der Waals surface area contributed by atoms with E-state index < -0.39 is 0 Å². The molecule has 0 aliphatic carbocycles. The third-order valence-corrected chi connectivity index (χ3v) is 3.93. The Morgan fingerprint density at radius 2 is 2.00 bits per heavy atom. The first-order valence-corrected chi connectivity index (χ1v) is 6.10. The number of methoxy groups -OCH3 is 1. The third kappa shape index (κ3) is 2.31. The summed E-state index contributed by atoms with van der Waals surface area (Å²) in [5.74, 6) is 0.936. The fraction of sp³-hybridized carbons (Fsp3) is 0.571. The molecule has 1 unspecified atom stereocenters. The van der Waals surface area contributed by atoms with E-state index >= 15 is 0 Å². The van der Waals surface area contributed by atoms with E-state index in [0.717, 1.165) is 25.4 Å². The van der Waals surface area contributed by atoms with Gasteiger partial charge in [0.25, 0.3) is 0 Å². The largest absolute Gasteiger partial charge is 0.497 e. The van der Waals surface area contributed by atoms with Gasteiger partial charge in [-0.3, -0.25) is 4.90 Å². The van der Waals surface area contributed by atoms with Crippen molar-refractivity contribution in [1.29, 1.82) is 0 Å². The molecule has 0 bridgehead atoms. The maximum atomic E-state index is 5.32. The molecule has 17 heavy (non-hydrogen) atoms. The standard InChI is InChI=1S/C14H22N2O/c1-14(11-15(2)8-9-16(14)3)12-6-5-7-13(10-12)17-4/h5-7,10H,8-9,11H2,1-4H3. The lowest BCUT2D eigenvalue weighted by molar-refractivity contribution is 0.0378. The number of rotatable bonds is 2. The molecule has 0 amide bonds. The second-order valence-corrected chi connectivity index (χ2v) is 5.17. The normalized spacial score (nSPS) is 27.1. The van der Waals surface area contributed by atoms with Crippen LogP contribution in [0.3, 0.4) is 0 Å². The van der Waals surface area contributed by atoms with Crippen LogP contribution < -0.4 is 4.74 Å². The summed E-state index contributed by atoms with van der Waals surface area (Å²) < 4.78 is 5.32. The second kappa shape index (κ2) is 4.67. The van der Waals surface area contributed by atoms with Crippen molar-refractivity contribution >= 4 is 0 Å². The SMILES string of the molecule is COc1cccc(C2(C)CN(C)CCN2C)c1. The fourth-order valence-electron chi connectivity index (χ4n) is 2.56. The monoisotopic (exact) mass is 234 g/mol. The molecule has 2 rings (SSSR count). The van der Waals surface area contributed by atoms with Crippen LogP contribution in [-0.2, 0) is 5.54 Å². The van der Waals surface area contributed by atoms with Gasteiger partial charge in [0.1, 0.15) is 5.75 Å². The van der Waals surface area contributed by atoms with Gasteiger partial charge < -0.3 is 9.64 Å². The van der Waals surface area contributed by atoms with Gasteiger partial charge in [0, 0.05) is 19.6 Å². The highest BCUT2D eigenvalue weighted by Crippen LogP contribution is 2.32. The lowest BCUT2D eigenvalue weighted by Crippen LogP contribution is -2.56. The van der Waals surface area contributed by atoms with E-state index in [4.69, 9.17) is 4.74 Å². The van der Waals surface area contributed by atoms with Gasteiger partial charge in [-0.25, -0.2) is 0 Å². The van der Waals surface area contributed by atoms with Gasteiger partial charge in [-0.2, -0.15) is 0 Å². The predicted octanol–water partition coefficient (Wildman–Crippen LogP) is 1.79. The van der Waals surface area contributed by atoms with Crippen LogP contribution >= 0.6 is 0 Å². The molecule has 1 aliphatic heterocycles. The quantitative estimate of drug-likeness (QED) is 0.776. The Labute approximate surface area is 104 Å². The molecule has 1 aromatic carbocycles. The van der Waals surface area contributed by atoms with Crippen LogP contribution in [0.5, 0.6) is 5.75 Å². The Kier molecular flexibility index (Phi) is 3.40. The van der Waals surface area contributed by atoms with Crippen molar-refractivity contribution in [2.24, 2.45) is 0 Å². The molecule has 0 N–H and O–H groups in total. The summed E-state index contributed by atoms with van der Waals surface area (Å²) in [6, 6.07) is 8.41. The number of hydrogen-bond donors (Lipinski definition) is 0. The predicted molar refractivity (Wildman–Crippen MR) is 70.5 cm³/mol. The number of benzene rings is 1. The highest BCUT2D eigenvalue weighted by Gasteiger charge is 2.35. The minimum Gasteiger partial charge on any atom is -0.497 e. The fourth-order valence-corrected chi connectivity index (χ4v) is 2.56. The summed E-state index contributed by atoms with van der Waals surface area (Å²) in [7, 11) is 6.11. The molecule has 1 aliphatic rings. The lowest BCUT2D eigenvalue weighted by atomic mass is 9.88. The molecule has 3 nitrogen and oxygen atoms in total. The van der Waals surface area contributed by atoms with Crippen molar-refractivity contribution < 1.29 is 4.74 Å². The summed E-state index contributed by atoms with van der Waals surface area (Å²) in [6.45, 7) is 5.59. The average Bonchev–Trinajstić information content (AvgIpc) is 2.34. The zero-order valence-electron chi connectivity index (χ0n) is 11.2. The second-order valence-electron chi connectivity index (χ2n) is 5.17. The van der Waals surface area contributed by atoms with Gasteiger partial charge in [-0.15, -0.1) is 0 Å². The zero-order chi connectivity index (χ0) is 12.5. The number of hydrogen-bond acceptors (Lipinski definition) is 3. The van der Waals surface area contributed by atoms with Crippen LogP contribution in [0, 0.1) is 0 Å². The van der Waals surface area contributed by atoms with E-state index in [0.29, 0.717) is 0 Å². The smallest absolute Gasteiger partial charge is 0.119 e. The first-order chi connectivity index (χ1) is 8.06. The van der Waals surface area contributed by atoms with Crippen molar-refractivity contribution in [3.8, 4) is 5.75 Å². The molecule has 0 saturated carbocycles. The van der Waals surface area contributed by atoms with Crippen molar-refractivity contribution in [1.82, 2.24) is 9.80 Å². The molecule has 0 spiro atoms. The molecular weight excluding hydrogens is 212 g/mol. The van der Waals surface area contributed by atoms with Crippen molar-refractivity contribution in [3.05, 3.63) is 29.8 Å². The molecule has 1 saturated heterocycles. The maximum Gasteiger partial charge on any atom is 0.119 e. The zero-order valence-corrected chi connectivity index (χ0v) is 11.2. The van der Waals surface area contributed by atoms with Crippen LogP contribution in [0.2, 0.25) is 0 Å². The summed E-state index contributed by atoms with van der Waals surface area (Å²) in [5.41, 5.74) is 1.40. The minimum atomic E-state index is 0.0710. The van der Waals surface area contributed by atoms with Gasteiger partial charge in [0.2, 0.25) is 0 Å². The summed E-state index contributed by atoms with van der Waals surface area (Å²) in [6.07, 6.45) is 0. The molecule has 94 valence electrons. The molecule has 0 aromatic heterocycles. The number of likely N-dealkylation sites (N-methyl/N-ethyl adjacent to an activating group) is 2. The first kappa shape index (κ1) is 12.4. The number of ether oxygens (including phenoxy) is 1. The highest BCUT2D eigenvalue weighted by atomic mass is 16.5. The van der Waals surface area contributed by atoms with Crippen LogP contribution in [0.4, 0.5) is 0 Å². The molecule has 1 aromatic rings. The summed E-state index contributed by atoms with van der Waals surface area (Å²) in [4.78, 5) is 4.82. The third-order valence-electron chi connectivity index (χ3n) is 3.93.